The van der Waals surface area contributed by atoms with E-state index in [9.17, 15) is 9.18 Å². The van der Waals surface area contributed by atoms with Crippen molar-refractivity contribution in [1.29, 1.82) is 0 Å². The number of hydrogen-bond donors (Lipinski definition) is 1. The zero-order valence-electron chi connectivity index (χ0n) is 11.5. The van der Waals surface area contributed by atoms with E-state index in [0.29, 0.717) is 11.0 Å². The minimum Gasteiger partial charge on any atom is -0.324 e. The SMILES string of the molecule is NC1CCCc2c1ccc(=O)n2Cc1ccc(F)c(Br)c1. The molecule has 2 N–H and O–H groups in total. The van der Waals surface area contributed by atoms with Gasteiger partial charge in [-0.2, -0.15) is 0 Å². The number of benzene rings is 1. The van der Waals surface area contributed by atoms with Crippen LogP contribution in [0.4, 0.5) is 4.39 Å². The molecule has 1 aliphatic rings. The number of rotatable bonds is 2. The Labute approximate surface area is 130 Å². The van der Waals surface area contributed by atoms with Crippen molar-refractivity contribution in [2.75, 3.05) is 0 Å². The second kappa shape index (κ2) is 5.73. The van der Waals surface area contributed by atoms with Crippen LogP contribution in [0.15, 0.2) is 39.6 Å². The Morgan fingerprint density at radius 2 is 2.14 bits per heavy atom. The van der Waals surface area contributed by atoms with E-state index in [1.807, 2.05) is 6.07 Å². The minimum absolute atomic E-state index is 0.000513. The first-order chi connectivity index (χ1) is 10.1. The number of hydrogen-bond acceptors (Lipinski definition) is 2. The van der Waals surface area contributed by atoms with Crippen molar-refractivity contribution in [3.63, 3.8) is 0 Å². The maximum Gasteiger partial charge on any atom is 0.251 e. The van der Waals surface area contributed by atoms with Gasteiger partial charge in [0.2, 0.25) is 0 Å². The van der Waals surface area contributed by atoms with Crippen LogP contribution in [0.1, 0.15) is 35.7 Å². The number of halogens is 2. The lowest BCUT2D eigenvalue weighted by molar-refractivity contribution is 0.529. The summed E-state index contributed by atoms with van der Waals surface area (Å²) in [5.41, 5.74) is 9.05. The molecule has 3 nitrogen and oxygen atoms in total. The predicted molar refractivity (Wildman–Crippen MR) is 83.8 cm³/mol. The zero-order chi connectivity index (χ0) is 15.0. The van der Waals surface area contributed by atoms with Gasteiger partial charge in [0.25, 0.3) is 5.56 Å². The Hall–Kier alpha value is -1.46. The fraction of sp³-hybridized carbons (Fsp3) is 0.312. The molecule has 21 heavy (non-hydrogen) atoms. The van der Waals surface area contributed by atoms with Crippen molar-refractivity contribution in [2.24, 2.45) is 5.73 Å². The fourth-order valence-corrected chi connectivity index (χ4v) is 3.32. The van der Waals surface area contributed by atoms with E-state index in [2.05, 4.69) is 15.9 Å². The molecule has 1 heterocycles. The molecule has 0 saturated heterocycles. The summed E-state index contributed by atoms with van der Waals surface area (Å²) in [5, 5.41) is 0. The lowest BCUT2D eigenvalue weighted by Crippen LogP contribution is -2.29. The van der Waals surface area contributed by atoms with Crippen molar-refractivity contribution >= 4 is 15.9 Å². The van der Waals surface area contributed by atoms with E-state index >= 15 is 0 Å². The molecule has 3 rings (SSSR count). The first-order valence-corrected chi connectivity index (χ1v) is 7.77. The average molecular weight is 351 g/mol. The van der Waals surface area contributed by atoms with Crippen LogP contribution in [0, 0.1) is 5.82 Å². The number of aromatic nitrogens is 1. The lowest BCUT2D eigenvalue weighted by atomic mass is 9.91. The van der Waals surface area contributed by atoms with Gasteiger partial charge >= 0.3 is 0 Å². The summed E-state index contributed by atoms with van der Waals surface area (Å²) in [6, 6.07) is 8.24. The molecule has 0 amide bonds. The highest BCUT2D eigenvalue weighted by Crippen LogP contribution is 2.27. The molecule has 110 valence electrons. The maximum atomic E-state index is 13.3. The molecule has 2 aromatic rings. The number of nitrogens with two attached hydrogens (primary N) is 1. The van der Waals surface area contributed by atoms with Gasteiger partial charge in [-0.25, -0.2) is 4.39 Å². The van der Waals surface area contributed by atoms with E-state index in [0.717, 1.165) is 36.1 Å². The predicted octanol–water partition coefficient (Wildman–Crippen LogP) is 3.13. The largest absolute Gasteiger partial charge is 0.324 e. The van der Waals surface area contributed by atoms with Gasteiger partial charge < -0.3 is 10.3 Å². The van der Waals surface area contributed by atoms with Crippen LogP contribution >= 0.6 is 15.9 Å². The van der Waals surface area contributed by atoms with Gasteiger partial charge in [0.1, 0.15) is 5.82 Å². The Morgan fingerprint density at radius 3 is 2.90 bits per heavy atom. The fourth-order valence-electron chi connectivity index (χ4n) is 2.89. The quantitative estimate of drug-likeness (QED) is 0.904. The van der Waals surface area contributed by atoms with Crippen molar-refractivity contribution in [2.45, 2.75) is 31.8 Å². The van der Waals surface area contributed by atoms with Gasteiger partial charge in [0.05, 0.1) is 11.0 Å². The van der Waals surface area contributed by atoms with E-state index in [1.54, 1.807) is 22.8 Å². The molecule has 0 spiro atoms. The molecule has 1 unspecified atom stereocenters. The van der Waals surface area contributed by atoms with Crippen LogP contribution in [0.3, 0.4) is 0 Å². The van der Waals surface area contributed by atoms with Gasteiger partial charge in [-0.05, 0) is 58.5 Å². The summed E-state index contributed by atoms with van der Waals surface area (Å²) in [6.45, 7) is 0.438. The average Bonchev–Trinajstić information content (AvgIpc) is 2.46. The Kier molecular flexibility index (Phi) is 3.95. The van der Waals surface area contributed by atoms with E-state index in [4.69, 9.17) is 5.73 Å². The Bertz CT molecular complexity index is 742. The Morgan fingerprint density at radius 1 is 1.33 bits per heavy atom. The summed E-state index contributed by atoms with van der Waals surface area (Å²) in [6.07, 6.45) is 2.81. The van der Waals surface area contributed by atoms with Gasteiger partial charge in [-0.15, -0.1) is 0 Å². The van der Waals surface area contributed by atoms with E-state index in [-0.39, 0.29) is 17.4 Å². The summed E-state index contributed by atoms with van der Waals surface area (Å²) in [7, 11) is 0. The summed E-state index contributed by atoms with van der Waals surface area (Å²) in [4.78, 5) is 12.2. The topological polar surface area (TPSA) is 48.0 Å². The summed E-state index contributed by atoms with van der Waals surface area (Å²) < 4.78 is 15.5. The highest BCUT2D eigenvalue weighted by Gasteiger charge is 2.20. The number of nitrogens with zero attached hydrogens (tertiary/aromatic N) is 1. The maximum absolute atomic E-state index is 13.3. The molecule has 0 bridgehead atoms. The summed E-state index contributed by atoms with van der Waals surface area (Å²) >= 11 is 3.18. The minimum atomic E-state index is -0.303. The molecule has 1 aliphatic carbocycles. The van der Waals surface area contributed by atoms with Crippen LogP contribution < -0.4 is 11.3 Å². The highest BCUT2D eigenvalue weighted by atomic mass is 79.9. The van der Waals surface area contributed by atoms with Gasteiger partial charge in [-0.1, -0.05) is 12.1 Å². The molecule has 1 aromatic heterocycles. The molecule has 1 atom stereocenters. The van der Waals surface area contributed by atoms with Crippen LogP contribution in [-0.4, -0.2) is 4.57 Å². The molecular weight excluding hydrogens is 335 g/mol. The van der Waals surface area contributed by atoms with Crippen molar-refractivity contribution in [3.8, 4) is 0 Å². The van der Waals surface area contributed by atoms with Crippen LogP contribution in [0.2, 0.25) is 0 Å². The molecule has 0 radical (unpaired) electrons. The van der Waals surface area contributed by atoms with Crippen molar-refractivity contribution in [3.05, 3.63) is 67.8 Å². The number of pyridine rings is 1. The molecule has 0 aliphatic heterocycles. The Balaban J connectivity index is 2.04. The summed E-state index contributed by atoms with van der Waals surface area (Å²) in [5.74, 6) is -0.303. The first kappa shape index (κ1) is 14.5. The molecular formula is C16H16BrFN2O. The zero-order valence-corrected chi connectivity index (χ0v) is 13.1. The van der Waals surface area contributed by atoms with Crippen molar-refractivity contribution < 1.29 is 4.39 Å². The lowest BCUT2D eigenvalue weighted by Gasteiger charge is -2.25. The normalized spacial score (nSPS) is 17.6. The second-order valence-electron chi connectivity index (χ2n) is 5.41. The number of fused-ring (bicyclic) bond motifs is 1. The van der Waals surface area contributed by atoms with E-state index in [1.165, 1.54) is 6.07 Å². The van der Waals surface area contributed by atoms with Crippen molar-refractivity contribution in [1.82, 2.24) is 4.57 Å². The third-order valence-corrected chi connectivity index (χ3v) is 4.59. The smallest absolute Gasteiger partial charge is 0.251 e. The molecule has 5 heteroatoms. The monoisotopic (exact) mass is 350 g/mol. The van der Waals surface area contributed by atoms with Gasteiger partial charge in [-0.3, -0.25) is 4.79 Å². The van der Waals surface area contributed by atoms with Gasteiger partial charge in [0.15, 0.2) is 0 Å². The van der Waals surface area contributed by atoms with Gasteiger partial charge in [0, 0.05) is 17.8 Å². The first-order valence-electron chi connectivity index (χ1n) is 6.98. The molecule has 1 aromatic carbocycles. The molecule has 0 fully saturated rings. The van der Waals surface area contributed by atoms with Crippen LogP contribution in [0.5, 0.6) is 0 Å². The standard InChI is InChI=1S/C16H16BrFN2O/c17-12-8-10(4-6-13(12)18)9-20-15-3-1-2-14(19)11(15)5-7-16(20)21/h4-8,14H,1-3,9,19H2. The third-order valence-electron chi connectivity index (χ3n) is 3.98. The van der Waals surface area contributed by atoms with Crippen LogP contribution in [0.25, 0.3) is 0 Å². The van der Waals surface area contributed by atoms with Crippen LogP contribution in [-0.2, 0) is 13.0 Å². The second-order valence-corrected chi connectivity index (χ2v) is 6.26. The molecule has 0 saturated carbocycles. The third kappa shape index (κ3) is 2.80. The highest BCUT2D eigenvalue weighted by molar-refractivity contribution is 9.10. The van der Waals surface area contributed by atoms with E-state index < -0.39 is 0 Å².